The van der Waals surface area contributed by atoms with E-state index in [1.54, 1.807) is 41.1 Å². The molecule has 1 heterocycles. The molecule has 0 unspecified atom stereocenters. The summed E-state index contributed by atoms with van der Waals surface area (Å²) in [6, 6.07) is 1.64. The third-order valence-corrected chi connectivity index (χ3v) is 4.88. The van der Waals surface area contributed by atoms with Gasteiger partial charge in [0.2, 0.25) is 11.7 Å². The fourth-order valence-corrected chi connectivity index (χ4v) is 2.69. The maximum Gasteiger partial charge on any atom is 0.260 e. The van der Waals surface area contributed by atoms with Crippen molar-refractivity contribution < 1.29 is 14.3 Å². The van der Waals surface area contributed by atoms with E-state index in [0.717, 1.165) is 5.56 Å². The van der Waals surface area contributed by atoms with Gasteiger partial charge in [-0.1, -0.05) is 23.2 Å². The zero-order valence-electron chi connectivity index (χ0n) is 14.7. The van der Waals surface area contributed by atoms with E-state index in [2.05, 4.69) is 5.10 Å². The van der Waals surface area contributed by atoms with Gasteiger partial charge < -0.3 is 9.64 Å². The Hall–Kier alpha value is -2.05. The Bertz CT molecular complexity index is 844. The minimum absolute atomic E-state index is 0.195. The van der Waals surface area contributed by atoms with Gasteiger partial charge in [0.05, 0.1) is 11.2 Å². The van der Waals surface area contributed by atoms with Crippen LogP contribution in [0.5, 0.6) is 5.88 Å². The molecule has 0 aliphatic heterocycles. The highest BCUT2D eigenvalue weighted by atomic mass is 35.5. The van der Waals surface area contributed by atoms with Crippen molar-refractivity contribution in [2.45, 2.75) is 13.8 Å². The Labute approximate surface area is 156 Å². The molecule has 6 nitrogen and oxygen atoms in total. The van der Waals surface area contributed by atoms with Crippen LogP contribution in [0.1, 0.15) is 27.0 Å². The molecule has 0 radical (unpaired) electrons. The van der Waals surface area contributed by atoms with Gasteiger partial charge in [-0.2, -0.15) is 5.10 Å². The molecule has 0 N–H and O–H groups in total. The van der Waals surface area contributed by atoms with Crippen molar-refractivity contribution in [2.75, 3.05) is 20.7 Å². The number of hydrogen-bond donors (Lipinski definition) is 0. The van der Waals surface area contributed by atoms with Crippen molar-refractivity contribution in [3.05, 3.63) is 44.6 Å². The Morgan fingerprint density at radius 3 is 2.44 bits per heavy atom. The molecule has 0 spiro atoms. The molecule has 25 heavy (non-hydrogen) atoms. The summed E-state index contributed by atoms with van der Waals surface area (Å²) in [7, 11) is 4.88. The van der Waals surface area contributed by atoms with Crippen molar-refractivity contribution in [3.63, 3.8) is 0 Å². The van der Waals surface area contributed by atoms with Gasteiger partial charge in [-0.05, 0) is 31.0 Å². The first-order chi connectivity index (χ1) is 11.6. The lowest BCUT2D eigenvalue weighted by atomic mass is 10.0. The van der Waals surface area contributed by atoms with Gasteiger partial charge in [0.15, 0.2) is 6.61 Å². The number of ether oxygens (including phenoxy) is 1. The van der Waals surface area contributed by atoms with E-state index in [9.17, 15) is 9.59 Å². The number of rotatable bonds is 5. The van der Waals surface area contributed by atoms with E-state index in [1.807, 2.05) is 0 Å². The van der Waals surface area contributed by atoms with E-state index >= 15 is 0 Å². The molecule has 134 valence electrons. The summed E-state index contributed by atoms with van der Waals surface area (Å²) < 4.78 is 6.92. The minimum Gasteiger partial charge on any atom is -0.467 e. The maximum atomic E-state index is 12.9. The van der Waals surface area contributed by atoms with Gasteiger partial charge in [0.25, 0.3) is 5.91 Å². The van der Waals surface area contributed by atoms with Gasteiger partial charge in [0.1, 0.15) is 5.56 Å². The number of carbonyl (C=O) groups is 2. The van der Waals surface area contributed by atoms with E-state index in [4.69, 9.17) is 27.9 Å². The molecule has 0 aliphatic carbocycles. The average molecular weight is 384 g/mol. The van der Waals surface area contributed by atoms with Crippen molar-refractivity contribution in [1.82, 2.24) is 14.7 Å². The number of benzene rings is 1. The van der Waals surface area contributed by atoms with E-state index in [1.165, 1.54) is 15.8 Å². The van der Waals surface area contributed by atoms with Crippen LogP contribution in [0.15, 0.2) is 12.3 Å². The van der Waals surface area contributed by atoms with Crippen molar-refractivity contribution in [1.29, 1.82) is 0 Å². The second kappa shape index (κ2) is 7.45. The first-order valence-electron chi connectivity index (χ1n) is 7.50. The zero-order valence-corrected chi connectivity index (χ0v) is 16.2. The largest absolute Gasteiger partial charge is 0.467 e. The van der Waals surface area contributed by atoms with Gasteiger partial charge in [-0.25, -0.2) is 4.68 Å². The van der Waals surface area contributed by atoms with Crippen LogP contribution in [-0.4, -0.2) is 47.1 Å². The monoisotopic (exact) mass is 383 g/mol. The molecule has 1 amide bonds. The van der Waals surface area contributed by atoms with E-state index in [-0.39, 0.29) is 29.7 Å². The molecule has 0 fully saturated rings. The molecule has 0 aliphatic rings. The second-order valence-electron chi connectivity index (χ2n) is 5.89. The summed E-state index contributed by atoms with van der Waals surface area (Å²) in [5, 5.41) is 4.87. The maximum absolute atomic E-state index is 12.9. The average Bonchev–Trinajstić information content (AvgIpc) is 2.93. The van der Waals surface area contributed by atoms with Crippen LogP contribution in [0.3, 0.4) is 0 Å². The predicted octanol–water partition coefficient (Wildman–Crippen LogP) is 3.04. The lowest BCUT2D eigenvalue weighted by Gasteiger charge is -2.13. The summed E-state index contributed by atoms with van der Waals surface area (Å²) in [6.45, 7) is 3.36. The van der Waals surface area contributed by atoms with Gasteiger partial charge >= 0.3 is 0 Å². The number of amides is 1. The summed E-state index contributed by atoms with van der Waals surface area (Å²) in [5.41, 5.74) is 1.94. The van der Waals surface area contributed by atoms with Crippen LogP contribution in [0.25, 0.3) is 0 Å². The number of carbonyl (C=O) groups excluding carboxylic acids is 2. The predicted molar refractivity (Wildman–Crippen MR) is 96.8 cm³/mol. The fourth-order valence-electron chi connectivity index (χ4n) is 2.26. The van der Waals surface area contributed by atoms with E-state index in [0.29, 0.717) is 21.2 Å². The van der Waals surface area contributed by atoms with Gasteiger partial charge in [-0.15, -0.1) is 0 Å². The summed E-state index contributed by atoms with van der Waals surface area (Å²) in [4.78, 5) is 26.1. The smallest absolute Gasteiger partial charge is 0.260 e. The summed E-state index contributed by atoms with van der Waals surface area (Å²) >= 11 is 12.5. The quantitative estimate of drug-likeness (QED) is 0.744. The normalized spacial score (nSPS) is 10.7. The van der Waals surface area contributed by atoms with E-state index < -0.39 is 0 Å². The number of aryl methyl sites for hydroxylation is 2. The lowest BCUT2D eigenvalue weighted by molar-refractivity contribution is -0.130. The number of ketones is 1. The second-order valence-corrected chi connectivity index (χ2v) is 6.64. The summed E-state index contributed by atoms with van der Waals surface area (Å²) in [6.07, 6.45) is 1.40. The lowest BCUT2D eigenvalue weighted by Crippen LogP contribution is -2.28. The molecule has 0 atom stereocenters. The number of aromatic nitrogens is 2. The standard InChI is InChI=1S/C17H19Cl2N3O3/c1-9-6-11(15(19)10(2)14(9)18)16(24)12-7-20-22(5)17(12)25-8-13(23)21(3)4/h6-7H,8H2,1-5H3. The molecule has 2 aromatic rings. The topological polar surface area (TPSA) is 64.4 Å². The third kappa shape index (κ3) is 3.80. The van der Waals surface area contributed by atoms with Crippen LogP contribution in [0, 0.1) is 13.8 Å². The Kier molecular flexibility index (Phi) is 5.75. The molecule has 1 aromatic heterocycles. The zero-order chi connectivity index (χ0) is 18.9. The van der Waals surface area contributed by atoms with Crippen LogP contribution < -0.4 is 4.74 Å². The van der Waals surface area contributed by atoms with Crippen molar-refractivity contribution in [2.24, 2.45) is 7.05 Å². The SMILES string of the molecule is Cc1cc(C(=O)c2cnn(C)c2OCC(=O)N(C)C)c(Cl)c(C)c1Cl. The van der Waals surface area contributed by atoms with Gasteiger partial charge in [-0.3, -0.25) is 9.59 Å². The van der Waals surface area contributed by atoms with Crippen LogP contribution in [0.4, 0.5) is 0 Å². The molecule has 0 saturated heterocycles. The van der Waals surface area contributed by atoms with Crippen LogP contribution >= 0.6 is 23.2 Å². The first-order valence-corrected chi connectivity index (χ1v) is 8.25. The molecular formula is C17H19Cl2N3O3. The number of likely N-dealkylation sites (N-methyl/N-ethyl adjacent to an activating group) is 1. The number of halogens is 2. The number of hydrogen-bond acceptors (Lipinski definition) is 4. The van der Waals surface area contributed by atoms with Crippen LogP contribution in [-0.2, 0) is 11.8 Å². The fraction of sp³-hybridized carbons (Fsp3) is 0.353. The van der Waals surface area contributed by atoms with Crippen molar-refractivity contribution >= 4 is 34.9 Å². The molecule has 2 rings (SSSR count). The molecule has 0 saturated carbocycles. The number of nitrogens with zero attached hydrogens (tertiary/aromatic N) is 3. The molecule has 1 aromatic carbocycles. The Balaban J connectivity index is 2.40. The van der Waals surface area contributed by atoms with Gasteiger partial charge in [0, 0.05) is 31.7 Å². The van der Waals surface area contributed by atoms with Crippen LogP contribution in [0.2, 0.25) is 10.0 Å². The highest BCUT2D eigenvalue weighted by Gasteiger charge is 2.24. The molecular weight excluding hydrogens is 365 g/mol. The highest BCUT2D eigenvalue weighted by Crippen LogP contribution is 2.33. The third-order valence-electron chi connectivity index (χ3n) is 3.81. The summed E-state index contributed by atoms with van der Waals surface area (Å²) in [5.74, 6) is -0.356. The molecule has 0 bridgehead atoms. The highest BCUT2D eigenvalue weighted by molar-refractivity contribution is 6.39. The minimum atomic E-state index is -0.340. The molecule has 8 heteroatoms. The first kappa shape index (κ1) is 19.3. The Morgan fingerprint density at radius 2 is 1.84 bits per heavy atom. The van der Waals surface area contributed by atoms with Crippen molar-refractivity contribution in [3.8, 4) is 5.88 Å². The Morgan fingerprint density at radius 1 is 1.20 bits per heavy atom.